The predicted octanol–water partition coefficient (Wildman–Crippen LogP) is 1.84. The van der Waals surface area contributed by atoms with E-state index in [-0.39, 0.29) is 49.5 Å². The summed E-state index contributed by atoms with van der Waals surface area (Å²) in [6.45, 7) is 0.363. The number of aromatic nitrogens is 1. The lowest BCUT2D eigenvalue weighted by Crippen LogP contribution is -2.32. The van der Waals surface area contributed by atoms with Crippen LogP contribution in [0.25, 0.3) is 10.9 Å². The SMILES string of the molecule is O=C(NCCOCCO)c1cn(Cc2cccc(F)c2)c2ccc([N+](=O)[O-])cc2c1=O. The molecule has 0 unspecified atom stereocenters. The second-order valence-corrected chi connectivity index (χ2v) is 6.68. The Labute approximate surface area is 175 Å². The first-order chi connectivity index (χ1) is 14.9. The number of rotatable bonds is 9. The number of nitro groups is 1. The van der Waals surface area contributed by atoms with E-state index in [1.54, 1.807) is 16.7 Å². The van der Waals surface area contributed by atoms with Gasteiger partial charge >= 0.3 is 0 Å². The molecule has 3 rings (SSSR count). The molecule has 1 aromatic heterocycles. The predicted molar refractivity (Wildman–Crippen MR) is 111 cm³/mol. The van der Waals surface area contributed by atoms with Crippen molar-refractivity contribution < 1.29 is 24.0 Å². The Kier molecular flexibility index (Phi) is 7.06. The topological polar surface area (TPSA) is 124 Å². The minimum Gasteiger partial charge on any atom is -0.394 e. The van der Waals surface area contributed by atoms with Crippen molar-refractivity contribution in [1.82, 2.24) is 9.88 Å². The smallest absolute Gasteiger partial charge is 0.270 e. The van der Waals surface area contributed by atoms with Gasteiger partial charge in [-0.05, 0) is 23.8 Å². The largest absolute Gasteiger partial charge is 0.394 e. The number of fused-ring (bicyclic) bond motifs is 1. The van der Waals surface area contributed by atoms with Crippen LogP contribution in [-0.4, -0.2) is 46.9 Å². The fourth-order valence-electron chi connectivity index (χ4n) is 3.12. The summed E-state index contributed by atoms with van der Waals surface area (Å²) in [5.74, 6) is -1.10. The number of benzene rings is 2. The Morgan fingerprint density at radius 1 is 1.23 bits per heavy atom. The van der Waals surface area contributed by atoms with E-state index in [1.807, 2.05) is 0 Å². The monoisotopic (exact) mass is 429 g/mol. The summed E-state index contributed by atoms with van der Waals surface area (Å²) in [5.41, 5.74) is -0.166. The highest BCUT2D eigenvalue weighted by atomic mass is 19.1. The third-order valence-corrected chi connectivity index (χ3v) is 4.53. The van der Waals surface area contributed by atoms with E-state index in [4.69, 9.17) is 9.84 Å². The summed E-state index contributed by atoms with van der Waals surface area (Å²) in [5, 5.41) is 22.4. The third-order valence-electron chi connectivity index (χ3n) is 4.53. The lowest BCUT2D eigenvalue weighted by atomic mass is 10.1. The van der Waals surface area contributed by atoms with Gasteiger partial charge in [0.15, 0.2) is 0 Å². The van der Waals surface area contributed by atoms with Crippen molar-refractivity contribution in [2.45, 2.75) is 6.54 Å². The summed E-state index contributed by atoms with van der Waals surface area (Å²) in [7, 11) is 0. The zero-order chi connectivity index (χ0) is 22.4. The zero-order valence-corrected chi connectivity index (χ0v) is 16.4. The molecule has 0 saturated heterocycles. The Balaban J connectivity index is 2.02. The van der Waals surface area contributed by atoms with Crippen molar-refractivity contribution in [2.75, 3.05) is 26.4 Å². The molecule has 31 heavy (non-hydrogen) atoms. The lowest BCUT2D eigenvalue weighted by Gasteiger charge is -2.14. The standard InChI is InChI=1S/C21H20FN3O6/c22-15-3-1-2-14(10-15)12-24-13-18(21(28)23-6-8-31-9-7-26)20(27)17-11-16(25(29)30)4-5-19(17)24/h1-5,10-11,13,26H,6-9,12H2,(H,23,28). The van der Waals surface area contributed by atoms with Crippen molar-refractivity contribution in [3.05, 3.63) is 85.9 Å². The maximum atomic E-state index is 13.6. The molecule has 162 valence electrons. The van der Waals surface area contributed by atoms with Gasteiger partial charge in [-0.2, -0.15) is 0 Å². The first-order valence-electron chi connectivity index (χ1n) is 9.43. The Hall–Kier alpha value is -3.63. The highest BCUT2D eigenvalue weighted by molar-refractivity contribution is 5.97. The molecule has 0 aliphatic heterocycles. The maximum absolute atomic E-state index is 13.6. The number of aliphatic hydroxyl groups is 1. The van der Waals surface area contributed by atoms with Crippen LogP contribution in [0.1, 0.15) is 15.9 Å². The molecule has 10 heteroatoms. The Morgan fingerprint density at radius 2 is 2.03 bits per heavy atom. The first-order valence-corrected chi connectivity index (χ1v) is 9.43. The van der Waals surface area contributed by atoms with E-state index in [1.165, 1.54) is 30.5 Å². The molecule has 0 bridgehead atoms. The minimum absolute atomic E-state index is 0.00906. The normalized spacial score (nSPS) is 10.9. The van der Waals surface area contributed by atoms with Gasteiger partial charge in [0.2, 0.25) is 5.43 Å². The summed E-state index contributed by atoms with van der Waals surface area (Å²) in [6.07, 6.45) is 1.35. The number of ether oxygens (including phenoxy) is 1. The van der Waals surface area contributed by atoms with Crippen LogP contribution in [-0.2, 0) is 11.3 Å². The van der Waals surface area contributed by atoms with Gasteiger partial charge in [-0.15, -0.1) is 0 Å². The highest BCUT2D eigenvalue weighted by Crippen LogP contribution is 2.20. The Bertz CT molecular complexity index is 1180. The van der Waals surface area contributed by atoms with Crippen molar-refractivity contribution in [3.63, 3.8) is 0 Å². The number of hydrogen-bond acceptors (Lipinski definition) is 6. The van der Waals surface area contributed by atoms with E-state index >= 15 is 0 Å². The molecule has 3 aromatic rings. The molecule has 2 aromatic carbocycles. The molecule has 0 aliphatic rings. The van der Waals surface area contributed by atoms with Crippen molar-refractivity contribution in [2.24, 2.45) is 0 Å². The third kappa shape index (κ3) is 5.30. The van der Waals surface area contributed by atoms with Crippen LogP contribution in [0.15, 0.2) is 53.5 Å². The molecule has 9 nitrogen and oxygen atoms in total. The summed E-state index contributed by atoms with van der Waals surface area (Å²) in [6, 6.07) is 9.68. The number of carbonyl (C=O) groups is 1. The fraction of sp³-hybridized carbons (Fsp3) is 0.238. The summed E-state index contributed by atoms with van der Waals surface area (Å²) >= 11 is 0. The minimum atomic E-state index is -0.668. The molecule has 1 heterocycles. The fourth-order valence-corrected chi connectivity index (χ4v) is 3.12. The molecule has 0 aliphatic carbocycles. The Morgan fingerprint density at radius 3 is 2.74 bits per heavy atom. The van der Waals surface area contributed by atoms with Crippen LogP contribution < -0.4 is 10.7 Å². The zero-order valence-electron chi connectivity index (χ0n) is 16.4. The van der Waals surface area contributed by atoms with E-state index < -0.39 is 22.1 Å². The van der Waals surface area contributed by atoms with Crippen LogP contribution in [0, 0.1) is 15.9 Å². The summed E-state index contributed by atoms with van der Waals surface area (Å²) in [4.78, 5) is 36.0. The number of pyridine rings is 1. The van der Waals surface area contributed by atoms with E-state index in [9.17, 15) is 24.1 Å². The number of carbonyl (C=O) groups excluding carboxylic acids is 1. The van der Waals surface area contributed by atoms with Crippen LogP contribution >= 0.6 is 0 Å². The number of nitro benzene ring substituents is 1. The molecule has 2 N–H and O–H groups in total. The van der Waals surface area contributed by atoms with Gasteiger partial charge in [-0.1, -0.05) is 12.1 Å². The van der Waals surface area contributed by atoms with E-state index in [0.29, 0.717) is 11.1 Å². The van der Waals surface area contributed by atoms with Crippen LogP contribution in [0.4, 0.5) is 10.1 Å². The number of aliphatic hydroxyl groups excluding tert-OH is 1. The van der Waals surface area contributed by atoms with Gasteiger partial charge in [0, 0.05) is 31.4 Å². The van der Waals surface area contributed by atoms with Gasteiger partial charge < -0.3 is 19.7 Å². The number of halogens is 1. The summed E-state index contributed by atoms with van der Waals surface area (Å²) < 4.78 is 20.2. The van der Waals surface area contributed by atoms with Crippen molar-refractivity contribution in [3.8, 4) is 0 Å². The number of non-ortho nitro benzene ring substituents is 1. The van der Waals surface area contributed by atoms with Crippen molar-refractivity contribution in [1.29, 1.82) is 0 Å². The van der Waals surface area contributed by atoms with Crippen LogP contribution in [0.3, 0.4) is 0 Å². The van der Waals surface area contributed by atoms with Crippen LogP contribution in [0.5, 0.6) is 0 Å². The average Bonchev–Trinajstić information content (AvgIpc) is 2.75. The maximum Gasteiger partial charge on any atom is 0.270 e. The highest BCUT2D eigenvalue weighted by Gasteiger charge is 2.18. The second kappa shape index (κ2) is 9.92. The molecular formula is C21H20FN3O6. The number of nitrogens with zero attached hydrogens (tertiary/aromatic N) is 2. The van der Waals surface area contributed by atoms with E-state index in [0.717, 1.165) is 6.07 Å². The molecule has 0 radical (unpaired) electrons. The quantitative estimate of drug-likeness (QED) is 0.304. The lowest BCUT2D eigenvalue weighted by molar-refractivity contribution is -0.384. The van der Waals surface area contributed by atoms with Crippen molar-refractivity contribution >= 4 is 22.5 Å². The molecule has 0 spiro atoms. The molecule has 0 fully saturated rings. The molecule has 1 amide bonds. The van der Waals surface area contributed by atoms with Gasteiger partial charge in [-0.25, -0.2) is 4.39 Å². The molecule has 0 atom stereocenters. The van der Waals surface area contributed by atoms with Gasteiger partial charge in [0.1, 0.15) is 11.4 Å². The van der Waals surface area contributed by atoms with Gasteiger partial charge in [0.25, 0.3) is 11.6 Å². The molecular weight excluding hydrogens is 409 g/mol. The van der Waals surface area contributed by atoms with Crippen LogP contribution in [0.2, 0.25) is 0 Å². The molecule has 0 saturated carbocycles. The number of amides is 1. The van der Waals surface area contributed by atoms with Gasteiger partial charge in [0.05, 0.1) is 35.6 Å². The second-order valence-electron chi connectivity index (χ2n) is 6.68. The van der Waals surface area contributed by atoms with E-state index in [2.05, 4.69) is 5.32 Å². The number of hydrogen-bond donors (Lipinski definition) is 2. The van der Waals surface area contributed by atoms with Gasteiger partial charge in [-0.3, -0.25) is 19.7 Å². The average molecular weight is 429 g/mol. The number of nitrogens with one attached hydrogen (secondary N) is 1. The first kappa shape index (κ1) is 22.1.